The summed E-state index contributed by atoms with van der Waals surface area (Å²) in [6.07, 6.45) is 0. The van der Waals surface area contributed by atoms with Gasteiger partial charge in [0.15, 0.2) is 0 Å². The maximum absolute atomic E-state index is 13.8. The number of halogens is 1. The van der Waals surface area contributed by atoms with E-state index >= 15 is 0 Å². The fraction of sp³-hybridized carbons (Fsp3) is 0.174. The maximum Gasteiger partial charge on any atom is 0.255 e. The molecule has 1 aliphatic rings. The molecule has 26 heavy (non-hydrogen) atoms. The minimum Gasteiger partial charge on any atom is -0.323 e. The highest BCUT2D eigenvalue weighted by Crippen LogP contribution is 2.40. The molecule has 0 radical (unpaired) electrons. The van der Waals surface area contributed by atoms with Crippen LogP contribution >= 0.6 is 0 Å². The average Bonchev–Trinajstić information content (AvgIpc) is 2.90. The number of carbonyl (C=O) groups is 1. The summed E-state index contributed by atoms with van der Waals surface area (Å²) < 4.78 is 13.8. The molecule has 3 aromatic rings. The summed E-state index contributed by atoms with van der Waals surface area (Å²) in [4.78, 5) is 14.9. The van der Waals surface area contributed by atoms with Crippen LogP contribution in [-0.4, -0.2) is 10.8 Å². The number of hydrogen-bond acceptors (Lipinski definition) is 1. The number of nitrogens with zero attached hydrogens (tertiary/aromatic N) is 1. The van der Waals surface area contributed by atoms with Crippen molar-refractivity contribution in [2.45, 2.75) is 26.4 Å². The minimum atomic E-state index is -0.377. The van der Waals surface area contributed by atoms with Crippen LogP contribution in [0.15, 0.2) is 66.7 Å². The molecule has 1 unspecified atom stereocenters. The summed E-state index contributed by atoms with van der Waals surface area (Å²) in [5, 5.41) is 0. The molecular formula is C23H20FNO. The Labute approximate surface area is 152 Å². The van der Waals surface area contributed by atoms with E-state index in [1.807, 2.05) is 35.2 Å². The largest absolute Gasteiger partial charge is 0.323 e. The van der Waals surface area contributed by atoms with Crippen molar-refractivity contribution >= 4 is 5.91 Å². The molecule has 2 nitrogen and oxygen atoms in total. The van der Waals surface area contributed by atoms with Crippen LogP contribution in [0.2, 0.25) is 0 Å². The Hall–Kier alpha value is -2.94. The van der Waals surface area contributed by atoms with Crippen LogP contribution in [0.5, 0.6) is 0 Å². The summed E-state index contributed by atoms with van der Waals surface area (Å²) in [5.74, 6) is -0.496. The van der Waals surface area contributed by atoms with Crippen molar-refractivity contribution in [3.8, 4) is 0 Å². The third-order valence-electron chi connectivity index (χ3n) is 5.16. The number of rotatable bonds is 3. The second-order valence-electron chi connectivity index (χ2n) is 6.90. The van der Waals surface area contributed by atoms with Crippen molar-refractivity contribution in [1.29, 1.82) is 0 Å². The van der Waals surface area contributed by atoms with E-state index in [4.69, 9.17) is 0 Å². The summed E-state index contributed by atoms with van der Waals surface area (Å²) in [6, 6.07) is 20.5. The number of benzene rings is 3. The maximum atomic E-state index is 13.8. The van der Waals surface area contributed by atoms with Gasteiger partial charge in [0, 0.05) is 12.1 Å². The Morgan fingerprint density at radius 2 is 1.69 bits per heavy atom. The molecule has 1 heterocycles. The van der Waals surface area contributed by atoms with E-state index in [1.165, 1.54) is 23.3 Å². The zero-order valence-electron chi connectivity index (χ0n) is 14.9. The van der Waals surface area contributed by atoms with Gasteiger partial charge >= 0.3 is 0 Å². The number of aryl methyl sites for hydroxylation is 2. The van der Waals surface area contributed by atoms with Gasteiger partial charge in [0.25, 0.3) is 5.91 Å². The van der Waals surface area contributed by atoms with Crippen LogP contribution in [0.1, 0.15) is 44.2 Å². The predicted molar refractivity (Wildman–Crippen MR) is 100 cm³/mol. The van der Waals surface area contributed by atoms with Crippen molar-refractivity contribution in [3.63, 3.8) is 0 Å². The zero-order valence-corrected chi connectivity index (χ0v) is 14.9. The van der Waals surface area contributed by atoms with Gasteiger partial charge in [-0.2, -0.15) is 0 Å². The van der Waals surface area contributed by atoms with Gasteiger partial charge in [0.2, 0.25) is 0 Å². The fourth-order valence-electron chi connectivity index (χ4n) is 3.63. The van der Waals surface area contributed by atoms with Gasteiger partial charge in [-0.3, -0.25) is 4.79 Å². The summed E-state index contributed by atoms with van der Waals surface area (Å²) in [7, 11) is 0. The first-order chi connectivity index (χ1) is 12.5. The van der Waals surface area contributed by atoms with E-state index in [0.29, 0.717) is 12.1 Å². The average molecular weight is 345 g/mol. The Morgan fingerprint density at radius 3 is 2.42 bits per heavy atom. The molecule has 0 fully saturated rings. The molecule has 1 aliphatic heterocycles. The highest BCUT2D eigenvalue weighted by atomic mass is 19.1. The van der Waals surface area contributed by atoms with Gasteiger partial charge in [0.05, 0.1) is 6.04 Å². The second kappa shape index (κ2) is 6.41. The fourth-order valence-corrected chi connectivity index (χ4v) is 3.63. The van der Waals surface area contributed by atoms with Crippen LogP contribution in [0.4, 0.5) is 4.39 Å². The number of hydrogen-bond donors (Lipinski definition) is 0. The summed E-state index contributed by atoms with van der Waals surface area (Å²) in [5.41, 5.74) is 5.85. The number of fused-ring (bicyclic) bond motifs is 1. The quantitative estimate of drug-likeness (QED) is 0.640. The first-order valence-electron chi connectivity index (χ1n) is 8.76. The lowest BCUT2D eigenvalue weighted by Gasteiger charge is -2.26. The second-order valence-corrected chi connectivity index (χ2v) is 6.90. The van der Waals surface area contributed by atoms with Crippen molar-refractivity contribution in [3.05, 3.63) is 106 Å². The van der Waals surface area contributed by atoms with E-state index in [0.717, 1.165) is 16.7 Å². The predicted octanol–water partition coefficient (Wildman–Crippen LogP) is 5.19. The number of amides is 1. The lowest BCUT2D eigenvalue weighted by atomic mass is 9.95. The molecule has 0 saturated carbocycles. The molecule has 3 heteroatoms. The summed E-state index contributed by atoms with van der Waals surface area (Å²) in [6.45, 7) is 4.64. The lowest BCUT2D eigenvalue weighted by molar-refractivity contribution is 0.0735. The molecule has 3 aromatic carbocycles. The molecule has 0 spiro atoms. The molecule has 0 bridgehead atoms. The van der Waals surface area contributed by atoms with E-state index in [2.05, 4.69) is 32.0 Å². The molecule has 0 aromatic heterocycles. The molecule has 130 valence electrons. The first-order valence-corrected chi connectivity index (χ1v) is 8.76. The first kappa shape index (κ1) is 16.5. The van der Waals surface area contributed by atoms with Crippen molar-refractivity contribution in [1.82, 2.24) is 4.90 Å². The van der Waals surface area contributed by atoms with E-state index < -0.39 is 0 Å². The number of carbonyl (C=O) groups excluding carboxylic acids is 1. The van der Waals surface area contributed by atoms with Crippen molar-refractivity contribution in [2.75, 3.05) is 0 Å². The van der Waals surface area contributed by atoms with Gasteiger partial charge in [-0.25, -0.2) is 4.39 Å². The minimum absolute atomic E-state index is 0.119. The van der Waals surface area contributed by atoms with Crippen LogP contribution in [0.3, 0.4) is 0 Å². The molecule has 1 atom stereocenters. The lowest BCUT2D eigenvalue weighted by Crippen LogP contribution is -2.28. The van der Waals surface area contributed by atoms with Gasteiger partial charge in [-0.15, -0.1) is 0 Å². The van der Waals surface area contributed by atoms with Crippen molar-refractivity contribution < 1.29 is 9.18 Å². The van der Waals surface area contributed by atoms with Crippen LogP contribution in [0, 0.1) is 19.7 Å². The van der Waals surface area contributed by atoms with Crippen LogP contribution < -0.4 is 0 Å². The van der Waals surface area contributed by atoms with Crippen molar-refractivity contribution in [2.24, 2.45) is 0 Å². The smallest absolute Gasteiger partial charge is 0.255 e. The Kier molecular flexibility index (Phi) is 4.08. The van der Waals surface area contributed by atoms with Gasteiger partial charge < -0.3 is 4.90 Å². The topological polar surface area (TPSA) is 20.3 Å². The SMILES string of the molecule is Cc1ccc(C2c3ccc(F)cc3C(=O)N2Cc2ccccc2)cc1C. The monoisotopic (exact) mass is 345 g/mol. The Bertz CT molecular complexity index is 981. The standard InChI is InChI=1S/C23H20FNO/c1-15-8-9-18(12-16(15)2)22-20-11-10-19(24)13-21(20)23(26)25(22)14-17-6-4-3-5-7-17/h3-13,22H,14H2,1-2H3. The molecule has 1 amide bonds. The molecular weight excluding hydrogens is 325 g/mol. The highest BCUT2D eigenvalue weighted by molar-refractivity contribution is 5.99. The Balaban J connectivity index is 1.83. The van der Waals surface area contributed by atoms with Gasteiger partial charge in [-0.05, 0) is 53.8 Å². The normalized spacial score (nSPS) is 16.0. The van der Waals surface area contributed by atoms with Gasteiger partial charge in [-0.1, -0.05) is 54.6 Å². The van der Waals surface area contributed by atoms with E-state index in [9.17, 15) is 9.18 Å². The van der Waals surface area contributed by atoms with Crippen LogP contribution in [0.25, 0.3) is 0 Å². The summed E-state index contributed by atoms with van der Waals surface area (Å²) >= 11 is 0. The van der Waals surface area contributed by atoms with Gasteiger partial charge in [0.1, 0.15) is 5.82 Å². The molecule has 4 rings (SSSR count). The Morgan fingerprint density at radius 1 is 0.923 bits per heavy atom. The molecule has 0 saturated heterocycles. The van der Waals surface area contributed by atoms with Crippen LogP contribution in [-0.2, 0) is 6.54 Å². The molecule has 0 aliphatic carbocycles. The van der Waals surface area contributed by atoms with E-state index in [-0.39, 0.29) is 17.8 Å². The molecule has 0 N–H and O–H groups in total. The highest BCUT2D eigenvalue weighted by Gasteiger charge is 2.37. The zero-order chi connectivity index (χ0) is 18.3. The van der Waals surface area contributed by atoms with E-state index in [1.54, 1.807) is 6.07 Å². The third-order valence-corrected chi connectivity index (χ3v) is 5.16. The third kappa shape index (κ3) is 2.80.